The predicted molar refractivity (Wildman–Crippen MR) is 107 cm³/mol. The Morgan fingerprint density at radius 1 is 1.10 bits per heavy atom. The molecule has 0 aliphatic heterocycles. The van der Waals surface area contributed by atoms with Crippen LogP contribution in [0.2, 0.25) is 0 Å². The quantitative estimate of drug-likeness (QED) is 0.590. The summed E-state index contributed by atoms with van der Waals surface area (Å²) in [6.45, 7) is 3.29. The zero-order valence-electron chi connectivity index (χ0n) is 17.0. The molecule has 0 fully saturated rings. The van der Waals surface area contributed by atoms with E-state index in [0.717, 1.165) is 11.4 Å². The number of ether oxygens (including phenoxy) is 1. The average molecular weight is 410 g/mol. The lowest BCUT2D eigenvalue weighted by Crippen LogP contribution is -2.39. The molecular weight excluding hydrogens is 388 g/mol. The standard InChI is InChI=1S/C21H22N4O5/c1-13-14(2)24-18-9-15(6-7-17(18)23-13)21(28)30-12-20(27)25(3)11-19(26)22-10-16-5-4-8-29-16/h4-9H,10-12H2,1-3H3,(H,22,26). The van der Waals surface area contributed by atoms with Crippen molar-refractivity contribution in [2.75, 3.05) is 20.2 Å². The molecule has 1 aromatic carbocycles. The van der Waals surface area contributed by atoms with Crippen molar-refractivity contribution in [3.63, 3.8) is 0 Å². The third kappa shape index (κ3) is 5.19. The number of likely N-dealkylation sites (N-methyl/N-ethyl adjacent to an activating group) is 1. The maximum atomic E-state index is 12.3. The Hall–Kier alpha value is -3.75. The van der Waals surface area contributed by atoms with Crippen molar-refractivity contribution in [1.29, 1.82) is 0 Å². The highest BCUT2D eigenvalue weighted by Gasteiger charge is 2.17. The van der Waals surface area contributed by atoms with Gasteiger partial charge in [-0.15, -0.1) is 0 Å². The summed E-state index contributed by atoms with van der Waals surface area (Å²) in [5.74, 6) is -0.895. The monoisotopic (exact) mass is 410 g/mol. The van der Waals surface area contributed by atoms with E-state index in [0.29, 0.717) is 16.8 Å². The molecule has 1 N–H and O–H groups in total. The van der Waals surface area contributed by atoms with E-state index < -0.39 is 18.5 Å². The summed E-state index contributed by atoms with van der Waals surface area (Å²) in [5, 5.41) is 2.64. The number of carbonyl (C=O) groups is 3. The third-order valence-electron chi connectivity index (χ3n) is 4.48. The number of fused-ring (bicyclic) bond motifs is 1. The smallest absolute Gasteiger partial charge is 0.338 e. The van der Waals surface area contributed by atoms with E-state index in [1.807, 2.05) is 13.8 Å². The van der Waals surface area contributed by atoms with E-state index in [2.05, 4.69) is 15.3 Å². The van der Waals surface area contributed by atoms with Gasteiger partial charge < -0.3 is 19.4 Å². The molecule has 0 atom stereocenters. The number of nitrogens with one attached hydrogen (secondary N) is 1. The lowest BCUT2D eigenvalue weighted by Gasteiger charge is -2.16. The van der Waals surface area contributed by atoms with Crippen LogP contribution >= 0.6 is 0 Å². The number of benzene rings is 1. The van der Waals surface area contributed by atoms with E-state index in [9.17, 15) is 14.4 Å². The fourth-order valence-corrected chi connectivity index (χ4v) is 2.64. The fourth-order valence-electron chi connectivity index (χ4n) is 2.64. The topological polar surface area (TPSA) is 115 Å². The molecule has 0 saturated carbocycles. The first-order valence-electron chi connectivity index (χ1n) is 9.28. The van der Waals surface area contributed by atoms with Crippen LogP contribution < -0.4 is 5.32 Å². The van der Waals surface area contributed by atoms with Crippen molar-refractivity contribution in [2.24, 2.45) is 0 Å². The van der Waals surface area contributed by atoms with E-state index in [1.54, 1.807) is 30.3 Å². The lowest BCUT2D eigenvalue weighted by molar-refractivity contribution is -0.137. The SMILES string of the molecule is Cc1nc2ccc(C(=O)OCC(=O)N(C)CC(=O)NCc3ccco3)cc2nc1C. The van der Waals surface area contributed by atoms with E-state index in [1.165, 1.54) is 18.2 Å². The molecule has 0 spiro atoms. The molecule has 0 aliphatic rings. The third-order valence-corrected chi connectivity index (χ3v) is 4.48. The van der Waals surface area contributed by atoms with Crippen molar-refractivity contribution in [3.05, 3.63) is 59.3 Å². The van der Waals surface area contributed by atoms with Gasteiger partial charge in [-0.05, 0) is 44.2 Å². The van der Waals surface area contributed by atoms with Gasteiger partial charge in [-0.3, -0.25) is 9.59 Å². The minimum atomic E-state index is -0.652. The minimum Gasteiger partial charge on any atom is -0.467 e. The maximum absolute atomic E-state index is 12.3. The van der Waals surface area contributed by atoms with Crippen molar-refractivity contribution < 1.29 is 23.5 Å². The average Bonchev–Trinajstić information content (AvgIpc) is 3.24. The number of rotatable bonds is 7. The number of carbonyl (C=O) groups excluding carboxylic acids is 3. The first-order valence-corrected chi connectivity index (χ1v) is 9.28. The summed E-state index contributed by atoms with van der Waals surface area (Å²) >= 11 is 0. The van der Waals surface area contributed by atoms with E-state index in [-0.39, 0.29) is 24.6 Å². The van der Waals surface area contributed by atoms with Gasteiger partial charge in [0.05, 0.1) is 47.3 Å². The highest BCUT2D eigenvalue weighted by molar-refractivity contribution is 5.95. The number of hydrogen-bond acceptors (Lipinski definition) is 7. The van der Waals surface area contributed by atoms with Crippen LogP contribution in [0.5, 0.6) is 0 Å². The van der Waals surface area contributed by atoms with Crippen LogP contribution in [0.4, 0.5) is 0 Å². The number of aromatic nitrogens is 2. The maximum Gasteiger partial charge on any atom is 0.338 e. The normalized spacial score (nSPS) is 10.6. The summed E-state index contributed by atoms with van der Waals surface area (Å²) in [6.07, 6.45) is 1.51. The molecule has 0 unspecified atom stereocenters. The molecule has 30 heavy (non-hydrogen) atoms. The number of nitrogens with zero attached hydrogens (tertiary/aromatic N) is 3. The Morgan fingerprint density at radius 2 is 1.83 bits per heavy atom. The Bertz CT molecular complexity index is 1080. The van der Waals surface area contributed by atoms with Crippen LogP contribution in [-0.4, -0.2) is 52.9 Å². The largest absolute Gasteiger partial charge is 0.467 e. The van der Waals surface area contributed by atoms with Crippen LogP contribution in [0.15, 0.2) is 41.0 Å². The first kappa shape index (κ1) is 21.0. The molecule has 0 saturated heterocycles. The Labute approximate surface area is 173 Å². The number of amides is 2. The molecule has 2 aromatic heterocycles. The number of aryl methyl sites for hydroxylation is 2. The van der Waals surface area contributed by atoms with Crippen LogP contribution in [0.25, 0.3) is 11.0 Å². The lowest BCUT2D eigenvalue weighted by atomic mass is 10.2. The van der Waals surface area contributed by atoms with E-state index >= 15 is 0 Å². The van der Waals surface area contributed by atoms with Crippen LogP contribution in [0.3, 0.4) is 0 Å². The highest BCUT2D eigenvalue weighted by atomic mass is 16.5. The molecule has 9 nitrogen and oxygen atoms in total. The first-order chi connectivity index (χ1) is 14.3. The van der Waals surface area contributed by atoms with Gasteiger partial charge in [0.15, 0.2) is 6.61 Å². The summed E-state index contributed by atoms with van der Waals surface area (Å²) in [5.41, 5.74) is 3.11. The Balaban J connectivity index is 1.50. The molecule has 0 aliphatic carbocycles. The Kier molecular flexibility index (Phi) is 6.41. The van der Waals surface area contributed by atoms with Gasteiger partial charge in [-0.2, -0.15) is 0 Å². The summed E-state index contributed by atoms with van der Waals surface area (Å²) in [7, 11) is 1.46. The molecular formula is C21H22N4O5. The van der Waals surface area contributed by atoms with Gasteiger partial charge in [0.25, 0.3) is 5.91 Å². The molecule has 3 rings (SSSR count). The minimum absolute atomic E-state index is 0.165. The van der Waals surface area contributed by atoms with Gasteiger partial charge >= 0.3 is 5.97 Å². The van der Waals surface area contributed by atoms with Crippen LogP contribution in [-0.2, 0) is 20.9 Å². The second-order valence-corrected chi connectivity index (χ2v) is 6.78. The second-order valence-electron chi connectivity index (χ2n) is 6.78. The highest BCUT2D eigenvalue weighted by Crippen LogP contribution is 2.15. The van der Waals surface area contributed by atoms with Gasteiger partial charge in [0.2, 0.25) is 5.91 Å². The van der Waals surface area contributed by atoms with Crippen molar-refractivity contribution in [2.45, 2.75) is 20.4 Å². The Morgan fingerprint density at radius 3 is 2.53 bits per heavy atom. The van der Waals surface area contributed by atoms with Crippen molar-refractivity contribution in [3.8, 4) is 0 Å². The second kappa shape index (κ2) is 9.17. The van der Waals surface area contributed by atoms with Gasteiger partial charge in [-0.1, -0.05) is 0 Å². The predicted octanol–water partition coefficient (Wildman–Crippen LogP) is 1.77. The van der Waals surface area contributed by atoms with Crippen molar-refractivity contribution >= 4 is 28.8 Å². The van der Waals surface area contributed by atoms with Crippen LogP contribution in [0.1, 0.15) is 27.5 Å². The van der Waals surface area contributed by atoms with Gasteiger partial charge in [0, 0.05) is 7.05 Å². The van der Waals surface area contributed by atoms with Crippen LogP contribution in [0, 0.1) is 13.8 Å². The fraction of sp³-hybridized carbons (Fsp3) is 0.286. The number of hydrogen-bond donors (Lipinski definition) is 1. The van der Waals surface area contributed by atoms with E-state index in [4.69, 9.17) is 9.15 Å². The number of esters is 1. The summed E-state index contributed by atoms with van der Waals surface area (Å²) in [4.78, 5) is 46.4. The zero-order chi connectivity index (χ0) is 21.7. The zero-order valence-corrected chi connectivity index (χ0v) is 17.0. The van der Waals surface area contributed by atoms with Crippen molar-refractivity contribution in [1.82, 2.24) is 20.2 Å². The number of furan rings is 1. The van der Waals surface area contributed by atoms with Gasteiger partial charge in [0.1, 0.15) is 5.76 Å². The summed E-state index contributed by atoms with van der Waals surface area (Å²) < 4.78 is 10.2. The molecule has 0 radical (unpaired) electrons. The molecule has 9 heteroatoms. The molecule has 2 amide bonds. The molecule has 156 valence electrons. The molecule has 0 bridgehead atoms. The summed E-state index contributed by atoms with van der Waals surface area (Å²) in [6, 6.07) is 8.28. The molecule has 2 heterocycles. The van der Waals surface area contributed by atoms with Gasteiger partial charge in [-0.25, -0.2) is 14.8 Å². The molecule has 3 aromatic rings.